The number of oxime groups is 1. The second-order valence-corrected chi connectivity index (χ2v) is 1.67. The molecule has 0 aromatic rings. The molecule has 0 aromatic heterocycles. The van der Waals surface area contributed by atoms with Gasteiger partial charge in [-0.1, -0.05) is 12.1 Å². The summed E-state index contributed by atoms with van der Waals surface area (Å²) in [4.78, 5) is 14.8. The molecule has 4 nitrogen and oxygen atoms in total. The molecule has 0 rings (SSSR count). The highest BCUT2D eigenvalue weighted by Crippen LogP contribution is 1.77. The molecule has 0 aromatic carbocycles. The summed E-state index contributed by atoms with van der Waals surface area (Å²) in [5, 5.41) is 5.78. The number of nitrogens with zero attached hydrogens (tertiary/aromatic N) is 1. The van der Waals surface area contributed by atoms with E-state index in [0.29, 0.717) is 6.54 Å². The van der Waals surface area contributed by atoms with Gasteiger partial charge < -0.3 is 5.32 Å². The van der Waals surface area contributed by atoms with Gasteiger partial charge >= 0.3 is 6.09 Å². The Balaban J connectivity index is 3.25. The van der Waals surface area contributed by atoms with Gasteiger partial charge in [0.2, 0.25) is 0 Å². The predicted octanol–water partition coefficient (Wildman–Crippen LogP) is 1.13. The van der Waals surface area contributed by atoms with E-state index in [9.17, 15) is 4.79 Å². The Labute approximate surface area is 60.2 Å². The molecular formula is C6H12N2O2. The summed E-state index contributed by atoms with van der Waals surface area (Å²) >= 11 is 0. The summed E-state index contributed by atoms with van der Waals surface area (Å²) in [6.07, 6.45) is 1.80. The number of carbonyl (C=O) groups excluding carboxylic acids is 1. The third-order valence-electron chi connectivity index (χ3n) is 0.760. The molecule has 0 aliphatic rings. The van der Waals surface area contributed by atoms with Gasteiger partial charge in [-0.3, -0.25) is 4.84 Å². The Kier molecular flexibility index (Phi) is 5.42. The number of rotatable bonds is 3. The van der Waals surface area contributed by atoms with E-state index in [1.807, 2.05) is 6.92 Å². The van der Waals surface area contributed by atoms with Crippen molar-refractivity contribution in [3.63, 3.8) is 0 Å². The fourth-order valence-corrected chi connectivity index (χ4v) is 0.360. The van der Waals surface area contributed by atoms with Crippen molar-refractivity contribution in [1.82, 2.24) is 5.32 Å². The summed E-state index contributed by atoms with van der Waals surface area (Å²) < 4.78 is 0. The van der Waals surface area contributed by atoms with E-state index >= 15 is 0 Å². The van der Waals surface area contributed by atoms with Crippen molar-refractivity contribution in [2.45, 2.75) is 20.3 Å². The minimum atomic E-state index is -0.500. The van der Waals surface area contributed by atoms with E-state index in [0.717, 1.165) is 6.42 Å². The fourth-order valence-electron chi connectivity index (χ4n) is 0.360. The molecule has 0 unspecified atom stereocenters. The van der Waals surface area contributed by atoms with Gasteiger partial charge in [-0.25, -0.2) is 4.79 Å². The molecule has 0 saturated carbocycles. The van der Waals surface area contributed by atoms with Crippen LogP contribution in [0.2, 0.25) is 0 Å². The Bertz CT molecular complexity index is 123. The van der Waals surface area contributed by atoms with E-state index < -0.39 is 6.09 Å². The lowest BCUT2D eigenvalue weighted by atomic mass is 10.5. The first-order valence-electron chi connectivity index (χ1n) is 3.24. The van der Waals surface area contributed by atoms with Crippen molar-refractivity contribution in [1.29, 1.82) is 0 Å². The lowest BCUT2D eigenvalue weighted by Crippen LogP contribution is -2.23. The molecule has 10 heavy (non-hydrogen) atoms. The normalized spacial score (nSPS) is 9.80. The minimum absolute atomic E-state index is 0.500. The lowest BCUT2D eigenvalue weighted by molar-refractivity contribution is 0.151. The van der Waals surface area contributed by atoms with E-state index in [1.54, 1.807) is 6.92 Å². The van der Waals surface area contributed by atoms with Crippen molar-refractivity contribution in [2.24, 2.45) is 5.16 Å². The monoisotopic (exact) mass is 144 g/mol. The van der Waals surface area contributed by atoms with Crippen LogP contribution < -0.4 is 5.32 Å². The molecule has 1 amide bonds. The Morgan fingerprint density at radius 3 is 3.00 bits per heavy atom. The van der Waals surface area contributed by atoms with Crippen molar-refractivity contribution in [2.75, 3.05) is 6.54 Å². The summed E-state index contributed by atoms with van der Waals surface area (Å²) in [5.41, 5.74) is 0. The molecule has 4 heteroatoms. The molecule has 0 bridgehead atoms. The second-order valence-electron chi connectivity index (χ2n) is 1.67. The number of carbonyl (C=O) groups is 1. The third-order valence-corrected chi connectivity index (χ3v) is 0.760. The quantitative estimate of drug-likeness (QED) is 0.366. The minimum Gasteiger partial charge on any atom is -0.320 e. The first-order chi connectivity index (χ1) is 4.81. The third kappa shape index (κ3) is 5.08. The van der Waals surface area contributed by atoms with Gasteiger partial charge in [-0.05, 0) is 13.3 Å². The SMILES string of the molecule is C/C=N/OC(=O)NCCC. The summed E-state index contributed by atoms with van der Waals surface area (Å²) in [5.74, 6) is 0. The molecular weight excluding hydrogens is 132 g/mol. The first-order valence-corrected chi connectivity index (χ1v) is 3.24. The first kappa shape index (κ1) is 8.94. The highest BCUT2D eigenvalue weighted by molar-refractivity contribution is 5.67. The fraction of sp³-hybridized carbons (Fsp3) is 0.667. The molecule has 0 aliphatic heterocycles. The zero-order chi connectivity index (χ0) is 7.82. The average Bonchev–Trinajstić information content (AvgIpc) is 1.97. The summed E-state index contributed by atoms with van der Waals surface area (Å²) in [7, 11) is 0. The van der Waals surface area contributed by atoms with E-state index in [4.69, 9.17) is 0 Å². The van der Waals surface area contributed by atoms with Gasteiger partial charge in [-0.15, -0.1) is 0 Å². The van der Waals surface area contributed by atoms with Crippen LogP contribution in [-0.4, -0.2) is 18.9 Å². The van der Waals surface area contributed by atoms with Crippen LogP contribution in [0.1, 0.15) is 20.3 Å². The molecule has 58 valence electrons. The maximum Gasteiger partial charge on any atom is 0.433 e. The zero-order valence-corrected chi connectivity index (χ0v) is 6.26. The average molecular weight is 144 g/mol. The Morgan fingerprint density at radius 1 is 1.80 bits per heavy atom. The second kappa shape index (κ2) is 6.07. The number of amides is 1. The predicted molar refractivity (Wildman–Crippen MR) is 38.9 cm³/mol. The molecule has 0 fully saturated rings. The van der Waals surface area contributed by atoms with Gasteiger partial charge in [-0.2, -0.15) is 0 Å². The van der Waals surface area contributed by atoms with Crippen molar-refractivity contribution in [3.05, 3.63) is 0 Å². The Hall–Kier alpha value is -1.06. The van der Waals surface area contributed by atoms with Crippen LogP contribution in [0.25, 0.3) is 0 Å². The highest BCUT2D eigenvalue weighted by atomic mass is 16.7. The largest absolute Gasteiger partial charge is 0.433 e. The van der Waals surface area contributed by atoms with Crippen LogP contribution in [-0.2, 0) is 4.84 Å². The van der Waals surface area contributed by atoms with Crippen LogP contribution in [0.5, 0.6) is 0 Å². The van der Waals surface area contributed by atoms with Crippen LogP contribution in [0, 0.1) is 0 Å². The van der Waals surface area contributed by atoms with Crippen LogP contribution >= 0.6 is 0 Å². The molecule has 0 spiro atoms. The van der Waals surface area contributed by atoms with Crippen LogP contribution in [0.15, 0.2) is 5.16 Å². The van der Waals surface area contributed by atoms with Crippen LogP contribution in [0.3, 0.4) is 0 Å². The zero-order valence-electron chi connectivity index (χ0n) is 6.26. The van der Waals surface area contributed by atoms with Gasteiger partial charge in [0.25, 0.3) is 0 Å². The summed E-state index contributed by atoms with van der Waals surface area (Å²) in [6.45, 7) is 4.26. The van der Waals surface area contributed by atoms with E-state index in [2.05, 4.69) is 15.3 Å². The number of hydrogen-bond acceptors (Lipinski definition) is 3. The van der Waals surface area contributed by atoms with E-state index in [-0.39, 0.29) is 0 Å². The number of nitrogens with one attached hydrogen (secondary N) is 1. The van der Waals surface area contributed by atoms with Gasteiger partial charge in [0.1, 0.15) is 0 Å². The van der Waals surface area contributed by atoms with Gasteiger partial charge in [0.05, 0.1) is 0 Å². The topological polar surface area (TPSA) is 50.7 Å². The molecule has 0 radical (unpaired) electrons. The molecule has 0 saturated heterocycles. The van der Waals surface area contributed by atoms with Crippen LogP contribution in [0.4, 0.5) is 4.79 Å². The number of hydrogen-bond donors (Lipinski definition) is 1. The maximum absolute atomic E-state index is 10.5. The van der Waals surface area contributed by atoms with Gasteiger partial charge in [0.15, 0.2) is 0 Å². The maximum atomic E-state index is 10.5. The molecule has 0 aliphatic carbocycles. The van der Waals surface area contributed by atoms with Crippen molar-refractivity contribution in [3.8, 4) is 0 Å². The van der Waals surface area contributed by atoms with Gasteiger partial charge in [0, 0.05) is 12.8 Å². The van der Waals surface area contributed by atoms with Crippen molar-refractivity contribution >= 4 is 12.3 Å². The summed E-state index contributed by atoms with van der Waals surface area (Å²) in [6, 6.07) is 0. The van der Waals surface area contributed by atoms with Crippen molar-refractivity contribution < 1.29 is 9.63 Å². The highest BCUT2D eigenvalue weighted by Gasteiger charge is 1.95. The lowest BCUT2D eigenvalue weighted by Gasteiger charge is -1.97. The standard InChI is InChI=1S/C6H12N2O2/c1-3-5-7-6(9)10-8-4-2/h4H,3,5H2,1-2H3,(H,7,9)/b8-4+. The smallest absolute Gasteiger partial charge is 0.320 e. The molecule has 0 atom stereocenters. The molecule has 0 heterocycles. The van der Waals surface area contributed by atoms with E-state index in [1.165, 1.54) is 6.21 Å². The molecule has 1 N–H and O–H groups in total. The Morgan fingerprint density at radius 2 is 2.50 bits per heavy atom.